The van der Waals surface area contributed by atoms with E-state index in [1.165, 1.54) is 16.0 Å². The predicted octanol–water partition coefficient (Wildman–Crippen LogP) is 6.41. The van der Waals surface area contributed by atoms with Crippen LogP contribution in [0.4, 0.5) is 0 Å². The number of allylic oxidation sites excluding steroid dienone is 2. The molecule has 2 aromatic carbocycles. The number of aliphatic hydroxyl groups is 1. The van der Waals surface area contributed by atoms with E-state index in [2.05, 4.69) is 52.8 Å². The SMILES string of the molecule is Cc1ccc(OC(=O)CCC=CCC[C@H]2[C@H](N3CCOCC3)[C@@H](O)C[C@H]2OCc2csc(-c3ccccc3)c2)cc1. The highest BCUT2D eigenvalue weighted by molar-refractivity contribution is 7.13. The van der Waals surface area contributed by atoms with Crippen molar-refractivity contribution in [1.82, 2.24) is 4.90 Å². The maximum Gasteiger partial charge on any atom is 0.311 e. The monoisotopic (exact) mass is 575 g/mol. The van der Waals surface area contributed by atoms with E-state index in [0.29, 0.717) is 44.8 Å². The molecule has 3 aromatic rings. The summed E-state index contributed by atoms with van der Waals surface area (Å²) < 4.78 is 17.5. The van der Waals surface area contributed by atoms with Crippen molar-refractivity contribution in [3.8, 4) is 16.2 Å². The summed E-state index contributed by atoms with van der Waals surface area (Å²) in [7, 11) is 0. The normalized spacial score (nSPS) is 23.3. The molecular formula is C34H41NO5S. The molecule has 4 atom stereocenters. The number of aliphatic hydroxyl groups excluding tert-OH is 1. The fourth-order valence-electron chi connectivity index (χ4n) is 5.92. The minimum Gasteiger partial charge on any atom is -0.427 e. The Hall–Kier alpha value is -2.81. The van der Waals surface area contributed by atoms with Crippen molar-refractivity contribution < 1.29 is 24.1 Å². The molecule has 0 radical (unpaired) electrons. The van der Waals surface area contributed by atoms with Crippen molar-refractivity contribution in [3.05, 3.63) is 89.3 Å². The van der Waals surface area contributed by atoms with Gasteiger partial charge in [-0.2, -0.15) is 0 Å². The van der Waals surface area contributed by atoms with Crippen LogP contribution in [0.5, 0.6) is 5.75 Å². The molecular weight excluding hydrogens is 534 g/mol. The van der Waals surface area contributed by atoms with E-state index in [9.17, 15) is 9.90 Å². The van der Waals surface area contributed by atoms with E-state index in [1.807, 2.05) is 37.3 Å². The summed E-state index contributed by atoms with van der Waals surface area (Å²) in [6.45, 7) is 5.65. The van der Waals surface area contributed by atoms with Gasteiger partial charge >= 0.3 is 5.97 Å². The topological polar surface area (TPSA) is 68.2 Å². The van der Waals surface area contributed by atoms with Crippen LogP contribution in [0.1, 0.15) is 43.2 Å². The second-order valence-electron chi connectivity index (χ2n) is 11.0. The number of aryl methyl sites for hydroxylation is 1. The number of morpholine rings is 1. The molecule has 1 saturated heterocycles. The lowest BCUT2D eigenvalue weighted by Crippen LogP contribution is -2.50. The van der Waals surface area contributed by atoms with Crippen molar-refractivity contribution in [2.24, 2.45) is 5.92 Å². The first-order chi connectivity index (χ1) is 20.1. The molecule has 0 spiro atoms. The zero-order valence-electron chi connectivity index (χ0n) is 23.8. The summed E-state index contributed by atoms with van der Waals surface area (Å²) >= 11 is 1.74. The van der Waals surface area contributed by atoms with Gasteiger partial charge in [0.25, 0.3) is 0 Å². The van der Waals surface area contributed by atoms with Gasteiger partial charge in [0.05, 0.1) is 32.0 Å². The van der Waals surface area contributed by atoms with Crippen molar-refractivity contribution in [2.75, 3.05) is 26.3 Å². The molecule has 0 bridgehead atoms. The fraction of sp³-hybridized carbons (Fsp3) is 0.441. The molecule has 218 valence electrons. The van der Waals surface area contributed by atoms with Crippen LogP contribution in [-0.4, -0.2) is 60.5 Å². The van der Waals surface area contributed by atoms with E-state index >= 15 is 0 Å². The highest BCUT2D eigenvalue weighted by Crippen LogP contribution is 2.37. The van der Waals surface area contributed by atoms with Crippen molar-refractivity contribution in [3.63, 3.8) is 0 Å². The molecule has 5 rings (SSSR count). The predicted molar refractivity (Wildman–Crippen MR) is 163 cm³/mol. The average Bonchev–Trinajstić information content (AvgIpc) is 3.60. The zero-order chi connectivity index (χ0) is 28.4. The van der Waals surface area contributed by atoms with Crippen molar-refractivity contribution in [1.29, 1.82) is 0 Å². The zero-order valence-corrected chi connectivity index (χ0v) is 24.6. The number of ether oxygens (including phenoxy) is 3. The Morgan fingerprint density at radius 3 is 2.61 bits per heavy atom. The number of carbonyl (C=O) groups is 1. The number of hydrogen-bond donors (Lipinski definition) is 1. The van der Waals surface area contributed by atoms with Gasteiger partial charge in [-0.1, -0.05) is 60.2 Å². The maximum absolute atomic E-state index is 12.2. The Kier molecular flexibility index (Phi) is 10.8. The number of thiophene rings is 1. The third-order valence-corrected chi connectivity index (χ3v) is 9.06. The summed E-state index contributed by atoms with van der Waals surface area (Å²) in [4.78, 5) is 15.8. The molecule has 2 fully saturated rings. The van der Waals surface area contributed by atoms with Crippen LogP contribution in [-0.2, 0) is 20.9 Å². The third kappa shape index (κ3) is 8.37. The number of nitrogens with zero attached hydrogens (tertiary/aromatic N) is 1. The molecule has 0 unspecified atom stereocenters. The highest BCUT2D eigenvalue weighted by atomic mass is 32.1. The molecule has 1 aliphatic heterocycles. The Morgan fingerprint density at radius 2 is 1.83 bits per heavy atom. The van der Waals surface area contributed by atoms with Gasteiger partial charge in [0.15, 0.2) is 0 Å². The summed E-state index contributed by atoms with van der Waals surface area (Å²) in [6, 6.07) is 20.2. The van der Waals surface area contributed by atoms with Gasteiger partial charge in [-0.3, -0.25) is 9.69 Å². The van der Waals surface area contributed by atoms with Crippen LogP contribution in [0.3, 0.4) is 0 Å². The van der Waals surface area contributed by atoms with Crippen LogP contribution in [0.2, 0.25) is 0 Å². The maximum atomic E-state index is 12.2. The first-order valence-electron chi connectivity index (χ1n) is 14.7. The molecule has 1 saturated carbocycles. The van der Waals surface area contributed by atoms with Gasteiger partial charge in [-0.15, -0.1) is 11.3 Å². The van der Waals surface area contributed by atoms with Gasteiger partial charge in [0.2, 0.25) is 0 Å². The lowest BCUT2D eigenvalue weighted by molar-refractivity contribution is -0.134. The summed E-state index contributed by atoms with van der Waals surface area (Å²) in [5.41, 5.74) is 3.53. The summed E-state index contributed by atoms with van der Waals surface area (Å²) in [6.07, 6.45) is 7.25. The fourth-order valence-corrected chi connectivity index (χ4v) is 6.82. The van der Waals surface area contributed by atoms with E-state index in [4.69, 9.17) is 14.2 Å². The summed E-state index contributed by atoms with van der Waals surface area (Å²) in [5.74, 6) is 0.594. The van der Waals surface area contributed by atoms with Gasteiger partial charge in [0, 0.05) is 42.8 Å². The number of rotatable bonds is 12. The molecule has 2 aliphatic rings. The van der Waals surface area contributed by atoms with E-state index in [0.717, 1.165) is 31.5 Å². The third-order valence-electron chi connectivity index (χ3n) is 8.03. The Bertz CT molecular complexity index is 1250. The molecule has 6 nitrogen and oxygen atoms in total. The first kappa shape index (κ1) is 29.7. The number of benzene rings is 2. The van der Waals surface area contributed by atoms with E-state index < -0.39 is 6.10 Å². The van der Waals surface area contributed by atoms with Crippen molar-refractivity contribution in [2.45, 2.75) is 63.9 Å². The molecule has 41 heavy (non-hydrogen) atoms. The van der Waals surface area contributed by atoms with Crippen LogP contribution in [0, 0.1) is 12.8 Å². The second-order valence-corrected chi connectivity index (χ2v) is 11.9. The quantitative estimate of drug-likeness (QED) is 0.153. The van der Waals surface area contributed by atoms with Gasteiger partial charge in [0.1, 0.15) is 5.75 Å². The number of carbonyl (C=O) groups excluding carboxylic acids is 1. The molecule has 1 aliphatic carbocycles. The lowest BCUT2D eigenvalue weighted by Gasteiger charge is -2.37. The van der Waals surface area contributed by atoms with Crippen molar-refractivity contribution >= 4 is 17.3 Å². The van der Waals surface area contributed by atoms with Crippen LogP contribution >= 0.6 is 11.3 Å². The Morgan fingerprint density at radius 1 is 1.07 bits per heavy atom. The largest absolute Gasteiger partial charge is 0.427 e. The lowest BCUT2D eigenvalue weighted by atomic mass is 9.93. The minimum atomic E-state index is -0.411. The Balaban J connectivity index is 1.14. The van der Waals surface area contributed by atoms with Gasteiger partial charge in [-0.05, 0) is 60.9 Å². The van der Waals surface area contributed by atoms with E-state index in [1.54, 1.807) is 11.3 Å². The van der Waals surface area contributed by atoms with Crippen LogP contribution < -0.4 is 4.74 Å². The summed E-state index contributed by atoms with van der Waals surface area (Å²) in [5, 5.41) is 13.3. The van der Waals surface area contributed by atoms with Gasteiger partial charge in [-0.25, -0.2) is 0 Å². The smallest absolute Gasteiger partial charge is 0.311 e. The molecule has 1 N–H and O–H groups in total. The molecule has 7 heteroatoms. The first-order valence-corrected chi connectivity index (χ1v) is 15.6. The average molecular weight is 576 g/mol. The Labute approximate surface area is 247 Å². The highest BCUT2D eigenvalue weighted by Gasteiger charge is 2.45. The number of hydrogen-bond acceptors (Lipinski definition) is 7. The molecule has 0 amide bonds. The number of esters is 1. The van der Waals surface area contributed by atoms with Gasteiger partial charge < -0.3 is 19.3 Å². The molecule has 1 aromatic heterocycles. The molecule has 2 heterocycles. The van der Waals surface area contributed by atoms with E-state index in [-0.39, 0.29) is 24.0 Å². The van der Waals surface area contributed by atoms with Crippen LogP contribution in [0.25, 0.3) is 10.4 Å². The minimum absolute atomic E-state index is 0.00388. The second kappa shape index (κ2) is 14.9. The van der Waals surface area contributed by atoms with Crippen LogP contribution in [0.15, 0.2) is 78.2 Å². The standard InChI is InChI=1S/C34H41NO5S/c1-25-13-15-28(16-14-25)40-33(37)12-8-3-2-7-11-29-31(22-30(36)34(29)35-17-19-38-20-18-35)39-23-26-21-32(41-24-26)27-9-5-4-6-10-27/h2-6,9-10,13-16,21,24,29-31,34,36H,7-8,11-12,17-20,22-23H2,1H3/t29-,30+,31-,34+/m1/s1.